The molecular weight excluding hydrogens is 1800 g/mol. The number of ketones is 6. The Hall–Kier alpha value is -10.4. The van der Waals surface area contributed by atoms with Gasteiger partial charge in [0.1, 0.15) is 55.5 Å². The van der Waals surface area contributed by atoms with E-state index in [1.807, 2.05) is 0 Å². The molecular formula is C98H153N9O31. The second kappa shape index (κ2) is 77.4. The molecule has 0 unspecified atom stereocenters. The van der Waals surface area contributed by atoms with E-state index in [0.717, 1.165) is 89.9 Å². The highest BCUT2D eigenvalue weighted by atomic mass is 16.5. The summed E-state index contributed by atoms with van der Waals surface area (Å²) >= 11 is 0. The Bertz CT molecular complexity index is 4000. The van der Waals surface area contributed by atoms with E-state index in [9.17, 15) is 92.0 Å². The van der Waals surface area contributed by atoms with Crippen LogP contribution in [0.2, 0.25) is 0 Å². The number of carboxylic acid groups (broad SMARTS) is 5. The number of nitrogens with zero attached hydrogens (tertiary/aromatic N) is 1. The summed E-state index contributed by atoms with van der Waals surface area (Å²) in [5.74, 6) is -9.83. The van der Waals surface area contributed by atoms with Crippen LogP contribution in [0.4, 0.5) is 0 Å². The third-order valence-electron chi connectivity index (χ3n) is 22.4. The van der Waals surface area contributed by atoms with Crippen LogP contribution < -0.4 is 47.1 Å². The van der Waals surface area contributed by atoms with Gasteiger partial charge in [0, 0.05) is 121 Å². The summed E-state index contributed by atoms with van der Waals surface area (Å²) in [6.45, 7) is 5.71. The minimum Gasteiger partial charge on any atom is -0.494 e. The van der Waals surface area contributed by atoms with Gasteiger partial charge >= 0.3 is 29.8 Å². The maximum Gasteiger partial charge on any atom is 0.335 e. The number of carbonyl (C=O) groups is 16. The van der Waals surface area contributed by atoms with Gasteiger partial charge in [-0.05, 0) is 132 Å². The number of aromatic nitrogens is 2. The molecule has 3 rings (SSSR count). The fraction of sp³-hybridized carbons (Fsp3) is 0.684. The van der Waals surface area contributed by atoms with Crippen LogP contribution in [0.3, 0.4) is 0 Å². The topological polar surface area (TPSA) is 593 Å². The van der Waals surface area contributed by atoms with E-state index < -0.39 is 82.8 Å². The minimum atomic E-state index is -1.21. The van der Waals surface area contributed by atoms with Crippen LogP contribution in [0.5, 0.6) is 11.5 Å². The van der Waals surface area contributed by atoms with Gasteiger partial charge in [-0.15, -0.1) is 0 Å². The number of rotatable bonds is 94. The van der Waals surface area contributed by atoms with Crippen LogP contribution in [0.15, 0.2) is 61.1 Å². The first-order valence-electron chi connectivity index (χ1n) is 48.6. The Labute approximate surface area is 809 Å². The summed E-state index contributed by atoms with van der Waals surface area (Å²) in [6, 6.07) is 9.57. The van der Waals surface area contributed by atoms with Crippen molar-refractivity contribution < 1.29 is 150 Å². The van der Waals surface area contributed by atoms with Gasteiger partial charge in [0.15, 0.2) is 23.1 Å². The van der Waals surface area contributed by atoms with Crippen molar-refractivity contribution in [3.05, 3.63) is 77.9 Å². The van der Waals surface area contributed by atoms with E-state index in [1.165, 1.54) is 30.6 Å². The van der Waals surface area contributed by atoms with Crippen molar-refractivity contribution in [3.8, 4) is 11.5 Å². The van der Waals surface area contributed by atoms with Crippen molar-refractivity contribution in [1.82, 2.24) is 41.9 Å². The second-order valence-electron chi connectivity index (χ2n) is 34.6. The number of amides is 5. The van der Waals surface area contributed by atoms with Crippen LogP contribution >= 0.6 is 0 Å². The molecule has 1 aromatic heterocycles. The highest BCUT2D eigenvalue weighted by Crippen LogP contribution is 2.26. The molecule has 3 aromatic rings. The number of carbonyl (C=O) groups excluding carboxylic acids is 11. The number of imidazole rings is 1. The summed E-state index contributed by atoms with van der Waals surface area (Å²) in [7, 11) is 0. The first kappa shape index (κ1) is 122. The molecule has 0 spiro atoms. The van der Waals surface area contributed by atoms with Gasteiger partial charge in [-0.2, -0.15) is 0 Å². The predicted octanol–water partition coefficient (Wildman–Crippen LogP) is 8.46. The molecule has 14 N–H and O–H groups in total. The average molecular weight is 1950 g/mol. The third kappa shape index (κ3) is 63.9. The lowest BCUT2D eigenvalue weighted by molar-refractivity contribution is -0.144. The van der Waals surface area contributed by atoms with E-state index in [2.05, 4.69) is 41.9 Å². The van der Waals surface area contributed by atoms with Gasteiger partial charge in [-0.25, -0.2) is 19.4 Å². The molecule has 776 valence electrons. The van der Waals surface area contributed by atoms with E-state index in [1.54, 1.807) is 44.3 Å². The lowest BCUT2D eigenvalue weighted by atomic mass is 9.81. The number of hydrogen-bond donors (Lipinski definition) is 13. The Balaban J connectivity index is 1.19. The molecule has 0 aliphatic heterocycles. The summed E-state index contributed by atoms with van der Waals surface area (Å²) in [6.07, 6.45) is 20.9. The molecule has 138 heavy (non-hydrogen) atoms. The normalized spacial score (nSPS) is 12.4. The molecule has 0 aliphatic rings. The Morgan fingerprint density at radius 1 is 0.370 bits per heavy atom. The molecule has 0 fully saturated rings. The van der Waals surface area contributed by atoms with E-state index >= 15 is 0 Å². The highest BCUT2D eigenvalue weighted by molar-refractivity contribution is 5.95. The molecule has 40 nitrogen and oxygen atoms in total. The monoisotopic (exact) mass is 1950 g/mol. The molecule has 0 bridgehead atoms. The van der Waals surface area contributed by atoms with Crippen molar-refractivity contribution >= 4 is 94.1 Å². The van der Waals surface area contributed by atoms with Gasteiger partial charge in [0.05, 0.1) is 127 Å². The number of hydrogen-bond acceptors (Lipinski definition) is 29. The van der Waals surface area contributed by atoms with Crippen LogP contribution in [0, 0.1) is 17.3 Å². The summed E-state index contributed by atoms with van der Waals surface area (Å²) in [5.41, 5.74) is 6.07. The van der Waals surface area contributed by atoms with E-state index in [4.69, 9.17) is 63.3 Å². The zero-order chi connectivity index (χ0) is 101. The molecule has 0 saturated heterocycles. The van der Waals surface area contributed by atoms with Crippen LogP contribution in [-0.2, 0) is 111 Å². The standard InChI is InChI=1S/C98H153N9O31/c1-98(2,64-86(112)82(99)63-76-65-100-71-106-76)87(113)66-105-83(29-18-20-44-102-91(117)68-134-58-54-130-48-24-28-79(110)67-133-57-55-131-51-45-103-88(114)42-35-75(96(125)126)61-78(109)26-15-11-7-3-5-9-13-21-49-137-80-37-31-72(32-38-80)93(119)120)85(111)62-74(95(123)124)25-17-19-43-101-90(116)69-136-60-56-132-52-46-104-92(118)70-135-59-53-129-47-23-27-77(108)36-41-84(97(127)128)107-89(115)30-16-12-8-4-6-10-14-22-50-138-81-39-33-73(34-40-81)94(121)122/h31-34,37-40,65,71,74-75,82-84,105H,3-30,35-36,41-64,66-70,99H2,1-2H3,(H,100,106)(H,101,116)(H,102,117)(H,103,114)(H,104,118)(H,107,115)(H,119,120)(H,121,122)(H,123,124)(H,125,126)(H,127,128)/t74-,75-,82+,83+,84+/m1/s1. The zero-order valence-corrected chi connectivity index (χ0v) is 80.8. The van der Waals surface area contributed by atoms with Gasteiger partial charge in [0.2, 0.25) is 29.5 Å². The SMILES string of the molecule is CC(C)(CC(=O)[C@@H](N)Cc1cnc[nH]1)C(=O)CN[C@@H](CCCCNC(=O)COCCOCCCC(=O)COCCOCCNC(=O)CC[C@H](CC(=O)CCCCCCCCCCOc1ccc(C(=O)O)cc1)C(=O)O)C(=O)C[C@@H](CCCCNC(=O)COCCOCCNC(=O)COCCOCCCC(=O)CC[C@H](NC(=O)CCCCCCCCCCOc1ccc(C(=O)O)cc1)C(=O)O)C(=O)O. The number of benzene rings is 2. The van der Waals surface area contributed by atoms with Gasteiger partial charge < -0.3 is 116 Å². The number of aromatic amines is 1. The first-order chi connectivity index (χ1) is 66.4. The number of aromatic carboxylic acids is 2. The number of unbranched alkanes of at least 4 members (excludes halogenated alkanes) is 16. The van der Waals surface area contributed by atoms with Crippen LogP contribution in [-0.4, -0.2) is 299 Å². The molecule has 0 saturated carbocycles. The molecule has 2 aromatic carbocycles. The molecule has 5 amide bonds. The number of carboxylic acids is 5. The first-order valence-corrected chi connectivity index (χ1v) is 48.6. The number of H-pyrrole nitrogens is 1. The predicted molar refractivity (Wildman–Crippen MR) is 506 cm³/mol. The van der Waals surface area contributed by atoms with Crippen molar-refractivity contribution in [2.45, 2.75) is 263 Å². The quantitative estimate of drug-likeness (QED) is 0.0236. The van der Waals surface area contributed by atoms with Crippen molar-refractivity contribution in [3.63, 3.8) is 0 Å². The Kier molecular flexibility index (Phi) is 68.3. The summed E-state index contributed by atoms with van der Waals surface area (Å²) in [5, 5.41) is 63.9. The smallest absolute Gasteiger partial charge is 0.335 e. The molecule has 1 heterocycles. The number of nitrogens with two attached hydrogens (primary N) is 1. The van der Waals surface area contributed by atoms with Gasteiger partial charge in [-0.3, -0.25) is 62.3 Å². The second-order valence-corrected chi connectivity index (χ2v) is 34.6. The lowest BCUT2D eigenvalue weighted by Crippen LogP contribution is -2.45. The minimum absolute atomic E-state index is 0.0161. The summed E-state index contributed by atoms with van der Waals surface area (Å²) in [4.78, 5) is 206. The maximum atomic E-state index is 14.0. The van der Waals surface area contributed by atoms with Crippen molar-refractivity contribution in [2.24, 2.45) is 23.0 Å². The number of nitrogens with one attached hydrogen (secondary N) is 7. The summed E-state index contributed by atoms with van der Waals surface area (Å²) < 4.78 is 54.9. The number of aliphatic carboxylic acids is 3. The lowest BCUT2D eigenvalue weighted by Gasteiger charge is -2.26. The fourth-order valence-electron chi connectivity index (χ4n) is 14.2. The largest absolute Gasteiger partial charge is 0.494 e. The fourth-order valence-corrected chi connectivity index (χ4v) is 14.2. The van der Waals surface area contributed by atoms with E-state index in [0.29, 0.717) is 88.2 Å². The third-order valence-corrected chi connectivity index (χ3v) is 22.4. The van der Waals surface area contributed by atoms with Gasteiger partial charge in [-0.1, -0.05) is 97.3 Å². The Morgan fingerprint density at radius 2 is 0.797 bits per heavy atom. The highest BCUT2D eigenvalue weighted by Gasteiger charge is 2.34. The average Bonchev–Trinajstić information content (AvgIpc) is 1.06. The van der Waals surface area contributed by atoms with Crippen LogP contribution in [0.25, 0.3) is 0 Å². The molecule has 0 aliphatic carbocycles. The number of ether oxygens (including phenoxy) is 10. The van der Waals surface area contributed by atoms with Gasteiger partial charge in [0.25, 0.3) is 0 Å². The van der Waals surface area contributed by atoms with Crippen molar-refractivity contribution in [1.29, 1.82) is 0 Å². The van der Waals surface area contributed by atoms with Crippen molar-refractivity contribution in [2.75, 3.05) is 152 Å². The molecule has 5 atom stereocenters. The zero-order valence-electron chi connectivity index (χ0n) is 80.8. The van der Waals surface area contributed by atoms with Crippen LogP contribution in [0.1, 0.15) is 265 Å². The maximum absolute atomic E-state index is 14.0. The van der Waals surface area contributed by atoms with E-state index in [-0.39, 0.29) is 280 Å². The molecule has 0 radical (unpaired) electrons. The number of Topliss-reactive ketones (excluding diaryl/α,β-unsaturated/α-hetero) is 6. The Morgan fingerprint density at radius 3 is 1.28 bits per heavy atom. The molecule has 40 heteroatoms.